The van der Waals surface area contributed by atoms with E-state index in [0.29, 0.717) is 10.7 Å². The second-order valence-corrected chi connectivity index (χ2v) is 11.2. The average Bonchev–Trinajstić information content (AvgIpc) is 3.27. The van der Waals surface area contributed by atoms with Crippen LogP contribution in [0.4, 0.5) is 0 Å². The zero-order chi connectivity index (χ0) is 18.4. The zero-order valence-electron chi connectivity index (χ0n) is 14.5. The van der Waals surface area contributed by atoms with Gasteiger partial charge in [-0.05, 0) is 0 Å². The number of hydrogen-bond donors (Lipinski definition) is 0. The topological polar surface area (TPSA) is 56.3 Å². The second kappa shape index (κ2) is 7.30. The Bertz CT molecular complexity index is 866. The minimum absolute atomic E-state index is 0.00370. The number of carbonyl (C=O) groups is 2. The van der Waals surface area contributed by atoms with Gasteiger partial charge in [0.2, 0.25) is 0 Å². The number of ketones is 1. The Morgan fingerprint density at radius 1 is 1.23 bits per heavy atom. The van der Waals surface area contributed by atoms with E-state index in [1.54, 1.807) is 0 Å². The summed E-state index contributed by atoms with van der Waals surface area (Å²) in [5, 5.41) is 0.681. The number of aromatic nitrogens is 1. The molecule has 0 radical (unpaired) electrons. The molecule has 0 spiro atoms. The molecule has 1 aromatic carbocycles. The van der Waals surface area contributed by atoms with Crippen LogP contribution in [0.1, 0.15) is 35.8 Å². The molecule has 0 aliphatic carbocycles. The third-order valence-corrected chi connectivity index (χ3v) is 8.95. The molecule has 2 aromatic rings. The van der Waals surface area contributed by atoms with Crippen molar-refractivity contribution in [2.75, 3.05) is 0 Å². The van der Waals surface area contributed by atoms with Crippen molar-refractivity contribution >= 4 is 46.0 Å². The van der Waals surface area contributed by atoms with E-state index in [1.165, 1.54) is 0 Å². The van der Waals surface area contributed by atoms with E-state index in [1.807, 2.05) is 38.1 Å². The molecule has 4 rings (SSSR count). The van der Waals surface area contributed by atoms with Crippen LogP contribution < -0.4 is 0 Å². The van der Waals surface area contributed by atoms with Crippen LogP contribution in [0.15, 0.2) is 24.3 Å². The first-order valence-electron chi connectivity index (χ1n) is 8.67. The monoisotopic (exact) mass is 455 g/mol. The summed E-state index contributed by atoms with van der Waals surface area (Å²) in [6, 6.07) is 7.56. The molecule has 2 aliphatic rings. The van der Waals surface area contributed by atoms with E-state index in [-0.39, 0.29) is 52.3 Å². The van der Waals surface area contributed by atoms with Crippen molar-refractivity contribution in [3.8, 4) is 10.1 Å². The van der Waals surface area contributed by atoms with Crippen molar-refractivity contribution in [1.29, 1.82) is 0 Å². The Labute approximate surface area is 165 Å². The third kappa shape index (κ3) is 3.37. The summed E-state index contributed by atoms with van der Waals surface area (Å²) in [6.07, 6.45) is 1.90. The van der Waals surface area contributed by atoms with Gasteiger partial charge in [-0.15, -0.1) is 0 Å². The van der Waals surface area contributed by atoms with Crippen LogP contribution >= 0.6 is 20.2 Å². The van der Waals surface area contributed by atoms with Gasteiger partial charge in [0.15, 0.2) is 0 Å². The summed E-state index contributed by atoms with van der Waals surface area (Å²) < 4.78 is 7.90. The normalized spacial score (nSPS) is 29.8. The van der Waals surface area contributed by atoms with E-state index in [4.69, 9.17) is 21.3 Å². The number of benzene rings is 1. The molecule has 0 bridgehead atoms. The molecule has 0 amide bonds. The number of Topliss-reactive ketones (excluding diaryl/α,β-unsaturated/α-hetero) is 1. The van der Waals surface area contributed by atoms with Gasteiger partial charge in [-0.1, -0.05) is 0 Å². The molecular weight excluding hydrogens is 436 g/mol. The third-order valence-electron chi connectivity index (χ3n) is 4.98. The van der Waals surface area contributed by atoms with E-state index in [2.05, 4.69) is 0 Å². The van der Waals surface area contributed by atoms with Crippen LogP contribution in [-0.2, 0) is 14.3 Å². The molecule has 2 fully saturated rings. The Morgan fingerprint density at radius 2 is 1.96 bits per heavy atom. The van der Waals surface area contributed by atoms with Crippen molar-refractivity contribution in [1.82, 2.24) is 4.98 Å². The summed E-state index contributed by atoms with van der Waals surface area (Å²) in [7, 11) is 0.00370. The van der Waals surface area contributed by atoms with Gasteiger partial charge in [0.05, 0.1) is 0 Å². The van der Waals surface area contributed by atoms with Gasteiger partial charge in [-0.3, -0.25) is 0 Å². The number of hydrogen-bond acceptors (Lipinski definition) is 4. The standard InChI is InChI=1S/C19H19ClNO3PSe/c1-9-3-8-13(24-9)17-16(22)14(19(23)25-17)15-10(2)26-18(21-15)11-4-6-12(20)7-5-11/h4-7,9,13-14,17,25H,3,8H2,1-2H3/t9?,13?,14?,17-/m1/s1. The predicted molar refractivity (Wildman–Crippen MR) is 105 cm³/mol. The van der Waals surface area contributed by atoms with Crippen LogP contribution in [-0.4, -0.2) is 48.7 Å². The first-order chi connectivity index (χ1) is 12.4. The van der Waals surface area contributed by atoms with Gasteiger partial charge >= 0.3 is 165 Å². The Balaban J connectivity index is 1.62. The number of halogens is 1. The van der Waals surface area contributed by atoms with Crippen LogP contribution in [0.5, 0.6) is 0 Å². The number of carbonyl (C=O) groups excluding carboxylic acids is 2. The quantitative estimate of drug-likeness (QED) is 0.404. The molecule has 2 saturated heterocycles. The fourth-order valence-corrected chi connectivity index (χ4v) is 7.25. The van der Waals surface area contributed by atoms with E-state index >= 15 is 0 Å². The van der Waals surface area contributed by atoms with Crippen LogP contribution in [0.25, 0.3) is 10.1 Å². The van der Waals surface area contributed by atoms with Crippen molar-refractivity contribution in [2.24, 2.45) is 0 Å². The van der Waals surface area contributed by atoms with Gasteiger partial charge in [-0.25, -0.2) is 0 Å². The Morgan fingerprint density at radius 3 is 2.62 bits per heavy atom. The molecule has 7 heteroatoms. The molecule has 136 valence electrons. The van der Waals surface area contributed by atoms with E-state index in [0.717, 1.165) is 27.4 Å². The zero-order valence-corrected chi connectivity index (χ0v) is 18.0. The number of aryl methyl sites for hydroxylation is 1. The number of rotatable bonds is 3. The van der Waals surface area contributed by atoms with Crippen LogP contribution in [0.3, 0.4) is 0 Å². The molecule has 4 unspecified atom stereocenters. The van der Waals surface area contributed by atoms with E-state index in [9.17, 15) is 9.59 Å². The Hall–Kier alpha value is -0.831. The van der Waals surface area contributed by atoms with Gasteiger partial charge < -0.3 is 0 Å². The molecule has 1 aromatic heterocycles. The maximum absolute atomic E-state index is 13.0. The minimum atomic E-state index is -0.690. The summed E-state index contributed by atoms with van der Waals surface area (Å²) in [5.41, 5.74) is 1.44. The average molecular weight is 455 g/mol. The molecule has 5 atom stereocenters. The molecule has 2 aliphatic heterocycles. The summed E-state index contributed by atoms with van der Waals surface area (Å²) in [6.45, 7) is 4.02. The molecule has 0 N–H and O–H groups in total. The predicted octanol–water partition coefficient (Wildman–Crippen LogP) is 3.57. The molecule has 26 heavy (non-hydrogen) atoms. The van der Waals surface area contributed by atoms with Gasteiger partial charge in [0, 0.05) is 0 Å². The Kier molecular flexibility index (Phi) is 5.20. The molecular formula is C19H19ClNO3PSe. The van der Waals surface area contributed by atoms with Gasteiger partial charge in [0.1, 0.15) is 0 Å². The van der Waals surface area contributed by atoms with Crippen LogP contribution in [0.2, 0.25) is 5.02 Å². The van der Waals surface area contributed by atoms with Crippen molar-refractivity contribution < 1.29 is 14.3 Å². The summed E-state index contributed by atoms with van der Waals surface area (Å²) in [4.78, 5) is 30.4. The molecule has 4 nitrogen and oxygen atoms in total. The van der Waals surface area contributed by atoms with Crippen molar-refractivity contribution in [2.45, 2.75) is 50.5 Å². The van der Waals surface area contributed by atoms with Crippen molar-refractivity contribution in [3.05, 3.63) is 39.4 Å². The fourth-order valence-electron chi connectivity index (χ4n) is 3.62. The first kappa shape index (κ1) is 18.5. The molecule has 0 saturated carbocycles. The van der Waals surface area contributed by atoms with Crippen molar-refractivity contribution in [3.63, 3.8) is 0 Å². The maximum atomic E-state index is 13.0. The first-order valence-corrected chi connectivity index (χ1v) is 11.8. The summed E-state index contributed by atoms with van der Waals surface area (Å²) in [5.74, 6) is -0.678. The second-order valence-electron chi connectivity index (χ2n) is 6.85. The molecule has 3 heterocycles. The number of ether oxygens (including phenoxy) is 1. The number of nitrogens with zero attached hydrogens (tertiary/aromatic N) is 1. The van der Waals surface area contributed by atoms with E-state index < -0.39 is 5.92 Å². The fraction of sp³-hybridized carbons (Fsp3) is 0.421. The SMILES string of the molecule is Cc1[se]c(-c2ccc(Cl)cc2)nc1C1C(=O)P[C@H](C2CCC(C)O2)C1=O. The van der Waals surface area contributed by atoms with Crippen LogP contribution in [0, 0.1) is 6.92 Å². The van der Waals surface area contributed by atoms with Gasteiger partial charge in [0.25, 0.3) is 0 Å². The summed E-state index contributed by atoms with van der Waals surface area (Å²) >= 11 is 5.99. The van der Waals surface area contributed by atoms with Gasteiger partial charge in [-0.2, -0.15) is 0 Å².